The van der Waals surface area contributed by atoms with Crippen LogP contribution < -0.4 is 5.32 Å². The molecule has 1 aliphatic heterocycles. The summed E-state index contributed by atoms with van der Waals surface area (Å²) >= 11 is 1.59. The lowest BCUT2D eigenvalue weighted by atomic mass is 10.1. The number of anilines is 1. The Labute approximate surface area is 139 Å². The number of benzene rings is 2. The summed E-state index contributed by atoms with van der Waals surface area (Å²) < 4.78 is 14.1. The van der Waals surface area contributed by atoms with Gasteiger partial charge in [0.2, 0.25) is 0 Å². The molecule has 1 atom stereocenters. The average Bonchev–Trinajstić information content (AvgIpc) is 3.02. The number of amides is 2. The van der Waals surface area contributed by atoms with E-state index in [4.69, 9.17) is 0 Å². The number of carbonyl (C=O) groups excluding carboxylic acids is 1. The molecule has 120 valence electrons. The van der Waals surface area contributed by atoms with Crippen LogP contribution in [0.4, 0.5) is 14.9 Å². The molecule has 23 heavy (non-hydrogen) atoms. The highest BCUT2D eigenvalue weighted by Gasteiger charge is 2.32. The number of halogens is 1. The molecule has 5 heteroatoms. The fourth-order valence-corrected chi connectivity index (χ4v) is 3.96. The van der Waals surface area contributed by atoms with E-state index in [-0.39, 0.29) is 17.2 Å². The van der Waals surface area contributed by atoms with Crippen LogP contribution in [0.1, 0.15) is 22.1 Å². The molecule has 0 spiro atoms. The molecule has 1 aliphatic rings. The summed E-state index contributed by atoms with van der Waals surface area (Å²) in [7, 11) is 0. The van der Waals surface area contributed by atoms with Crippen LogP contribution in [-0.4, -0.2) is 23.2 Å². The van der Waals surface area contributed by atoms with Gasteiger partial charge in [-0.05, 0) is 37.1 Å². The summed E-state index contributed by atoms with van der Waals surface area (Å²) in [5.41, 5.74) is 3.55. The Balaban J connectivity index is 1.81. The predicted molar refractivity (Wildman–Crippen MR) is 93.2 cm³/mol. The normalized spacial score (nSPS) is 17.3. The van der Waals surface area contributed by atoms with Crippen LogP contribution in [0.3, 0.4) is 0 Å². The zero-order valence-electron chi connectivity index (χ0n) is 13.2. The van der Waals surface area contributed by atoms with Gasteiger partial charge >= 0.3 is 6.03 Å². The summed E-state index contributed by atoms with van der Waals surface area (Å²) in [6.45, 7) is 4.61. The number of aryl methyl sites for hydroxylation is 1. The number of hydrogen-bond donors (Lipinski definition) is 1. The van der Waals surface area contributed by atoms with Crippen molar-refractivity contribution < 1.29 is 9.18 Å². The van der Waals surface area contributed by atoms with Crippen molar-refractivity contribution in [2.45, 2.75) is 19.2 Å². The molecule has 1 fully saturated rings. The molecule has 0 radical (unpaired) electrons. The Hall–Kier alpha value is -2.01. The van der Waals surface area contributed by atoms with E-state index in [0.29, 0.717) is 12.1 Å². The zero-order valence-corrected chi connectivity index (χ0v) is 14.0. The van der Waals surface area contributed by atoms with Crippen LogP contribution in [0.2, 0.25) is 0 Å². The molecular formula is C18H19FN2OS. The minimum Gasteiger partial charge on any atom is -0.308 e. The monoisotopic (exact) mass is 330 g/mol. The maximum absolute atomic E-state index is 14.1. The first-order valence-electron chi connectivity index (χ1n) is 7.58. The number of rotatable bonds is 2. The highest BCUT2D eigenvalue weighted by atomic mass is 32.2. The lowest BCUT2D eigenvalue weighted by molar-refractivity contribution is 0.213. The van der Waals surface area contributed by atoms with Crippen molar-refractivity contribution in [1.82, 2.24) is 4.90 Å². The van der Waals surface area contributed by atoms with Crippen LogP contribution in [-0.2, 0) is 0 Å². The number of hydrogen-bond acceptors (Lipinski definition) is 2. The van der Waals surface area contributed by atoms with E-state index in [1.165, 1.54) is 6.07 Å². The van der Waals surface area contributed by atoms with E-state index in [2.05, 4.69) is 5.32 Å². The molecule has 1 N–H and O–H groups in total. The molecule has 0 unspecified atom stereocenters. The molecular weight excluding hydrogens is 311 g/mol. The van der Waals surface area contributed by atoms with Crippen LogP contribution in [0.15, 0.2) is 42.5 Å². The van der Waals surface area contributed by atoms with Gasteiger partial charge in [0, 0.05) is 23.5 Å². The van der Waals surface area contributed by atoms with Gasteiger partial charge in [0.1, 0.15) is 11.2 Å². The topological polar surface area (TPSA) is 32.3 Å². The van der Waals surface area contributed by atoms with Crippen LogP contribution in [0.25, 0.3) is 0 Å². The SMILES string of the molecule is Cc1cccc(NC(=O)N2CCS[C@H]2c2ccccc2F)c1C. The van der Waals surface area contributed by atoms with Gasteiger partial charge in [0.25, 0.3) is 0 Å². The fraction of sp³-hybridized carbons (Fsp3) is 0.278. The average molecular weight is 330 g/mol. The Morgan fingerprint density at radius 3 is 2.78 bits per heavy atom. The minimum atomic E-state index is -0.277. The maximum atomic E-state index is 14.1. The second-order valence-electron chi connectivity index (χ2n) is 5.62. The summed E-state index contributed by atoms with van der Waals surface area (Å²) in [6, 6.07) is 12.3. The minimum absolute atomic E-state index is 0.183. The third-order valence-corrected chi connectivity index (χ3v) is 5.41. The largest absolute Gasteiger partial charge is 0.323 e. The zero-order chi connectivity index (χ0) is 16.4. The number of nitrogens with one attached hydrogen (secondary N) is 1. The number of carbonyl (C=O) groups is 1. The standard InChI is InChI=1S/C18H19FN2OS/c1-12-6-5-9-16(13(12)2)20-18(22)21-10-11-23-17(21)14-7-3-4-8-15(14)19/h3-9,17H,10-11H2,1-2H3,(H,20,22)/t17-/m0/s1. The first kappa shape index (κ1) is 15.9. The smallest absolute Gasteiger partial charge is 0.308 e. The second-order valence-corrected chi connectivity index (χ2v) is 6.80. The van der Waals surface area contributed by atoms with E-state index in [0.717, 1.165) is 22.6 Å². The summed E-state index contributed by atoms with van der Waals surface area (Å²) in [6.07, 6.45) is 0. The van der Waals surface area contributed by atoms with Crippen molar-refractivity contribution in [3.8, 4) is 0 Å². The van der Waals surface area contributed by atoms with Crippen LogP contribution in [0, 0.1) is 19.7 Å². The Kier molecular flexibility index (Phi) is 4.57. The summed E-state index contributed by atoms with van der Waals surface area (Å²) in [5, 5.41) is 2.69. The van der Waals surface area contributed by atoms with E-state index in [1.807, 2.05) is 32.0 Å². The number of urea groups is 1. The molecule has 3 nitrogen and oxygen atoms in total. The molecule has 2 amide bonds. The molecule has 1 saturated heterocycles. The van der Waals surface area contributed by atoms with Crippen molar-refractivity contribution in [3.63, 3.8) is 0 Å². The first-order chi connectivity index (χ1) is 11.1. The van der Waals surface area contributed by atoms with E-state index >= 15 is 0 Å². The predicted octanol–water partition coefficient (Wildman–Crippen LogP) is 4.72. The molecule has 0 saturated carbocycles. The Bertz CT molecular complexity index is 735. The van der Waals surface area contributed by atoms with Gasteiger partial charge in [-0.2, -0.15) is 0 Å². The van der Waals surface area contributed by atoms with Crippen molar-refractivity contribution in [2.75, 3.05) is 17.6 Å². The van der Waals surface area contributed by atoms with Gasteiger partial charge in [-0.3, -0.25) is 0 Å². The van der Waals surface area contributed by atoms with Gasteiger partial charge in [-0.1, -0.05) is 30.3 Å². The van der Waals surface area contributed by atoms with Gasteiger partial charge in [-0.25, -0.2) is 9.18 Å². The Morgan fingerprint density at radius 1 is 1.22 bits per heavy atom. The molecule has 1 heterocycles. The van der Waals surface area contributed by atoms with E-state index < -0.39 is 0 Å². The van der Waals surface area contributed by atoms with Crippen molar-refractivity contribution in [2.24, 2.45) is 0 Å². The van der Waals surface area contributed by atoms with Gasteiger partial charge in [-0.15, -0.1) is 11.8 Å². The summed E-state index contributed by atoms with van der Waals surface area (Å²) in [5.74, 6) is 0.538. The first-order valence-corrected chi connectivity index (χ1v) is 8.62. The molecule has 0 aromatic heterocycles. The van der Waals surface area contributed by atoms with Crippen LogP contribution >= 0.6 is 11.8 Å². The van der Waals surface area contributed by atoms with Crippen molar-refractivity contribution in [1.29, 1.82) is 0 Å². The molecule has 0 aliphatic carbocycles. The maximum Gasteiger partial charge on any atom is 0.323 e. The number of thioether (sulfide) groups is 1. The third kappa shape index (κ3) is 3.20. The highest BCUT2D eigenvalue weighted by molar-refractivity contribution is 7.99. The van der Waals surface area contributed by atoms with Crippen LogP contribution in [0.5, 0.6) is 0 Å². The molecule has 2 aromatic carbocycles. The van der Waals surface area contributed by atoms with E-state index in [9.17, 15) is 9.18 Å². The van der Waals surface area contributed by atoms with Gasteiger partial charge < -0.3 is 10.2 Å². The van der Waals surface area contributed by atoms with E-state index in [1.54, 1.807) is 34.9 Å². The second kappa shape index (κ2) is 6.62. The fourth-order valence-electron chi connectivity index (χ4n) is 2.68. The highest BCUT2D eigenvalue weighted by Crippen LogP contribution is 2.39. The molecule has 0 bridgehead atoms. The molecule has 2 aromatic rings. The lowest BCUT2D eigenvalue weighted by Crippen LogP contribution is -2.34. The van der Waals surface area contributed by atoms with Crippen molar-refractivity contribution in [3.05, 3.63) is 65.0 Å². The molecule has 3 rings (SSSR count). The van der Waals surface area contributed by atoms with Gasteiger partial charge in [0.05, 0.1) is 0 Å². The Morgan fingerprint density at radius 2 is 2.00 bits per heavy atom. The van der Waals surface area contributed by atoms with Crippen molar-refractivity contribution >= 4 is 23.5 Å². The number of nitrogens with zero attached hydrogens (tertiary/aromatic N) is 1. The summed E-state index contributed by atoms with van der Waals surface area (Å²) in [4.78, 5) is 14.4. The van der Waals surface area contributed by atoms with Gasteiger partial charge in [0.15, 0.2) is 0 Å². The third-order valence-electron chi connectivity index (χ3n) is 4.17. The quantitative estimate of drug-likeness (QED) is 0.864. The lowest BCUT2D eigenvalue weighted by Gasteiger charge is -2.25.